The Hall–Kier alpha value is -2.62. The van der Waals surface area contributed by atoms with Crippen molar-refractivity contribution in [3.8, 4) is 0 Å². The van der Waals surface area contributed by atoms with Crippen LogP contribution in [-0.2, 0) is 0 Å². The van der Waals surface area contributed by atoms with E-state index < -0.39 is 11.8 Å². The first-order chi connectivity index (χ1) is 15.7. The quantitative estimate of drug-likeness (QED) is 0.709. The third-order valence-corrected chi connectivity index (χ3v) is 7.06. The Kier molecular flexibility index (Phi) is 5.58. The molecule has 3 aliphatic rings. The lowest BCUT2D eigenvalue weighted by atomic mass is 9.93. The molecule has 0 radical (unpaired) electrons. The SMILES string of the molecule is Cc1cc(NC(=O)c2ncc(Cl)nc2N2CCC3(CC2)CC3)nc(N2CCC(F)(F)CC2)n1. The number of nitrogens with zero attached hydrogens (tertiary/aromatic N) is 6. The van der Waals surface area contributed by atoms with Gasteiger partial charge in [0.05, 0.1) is 6.20 Å². The Morgan fingerprint density at radius 2 is 1.67 bits per heavy atom. The zero-order chi connectivity index (χ0) is 23.2. The van der Waals surface area contributed by atoms with Gasteiger partial charge in [0.15, 0.2) is 11.5 Å². The number of hydrogen-bond acceptors (Lipinski definition) is 7. The minimum absolute atomic E-state index is 0.160. The Labute approximate surface area is 195 Å². The van der Waals surface area contributed by atoms with E-state index in [-0.39, 0.29) is 42.6 Å². The van der Waals surface area contributed by atoms with Gasteiger partial charge in [-0.1, -0.05) is 11.6 Å². The molecule has 3 fully saturated rings. The maximum atomic E-state index is 13.5. The molecule has 2 aromatic heterocycles. The summed E-state index contributed by atoms with van der Waals surface area (Å²) in [6, 6.07) is 1.64. The van der Waals surface area contributed by atoms with Gasteiger partial charge in [-0.2, -0.15) is 4.98 Å². The second-order valence-corrected chi connectivity index (χ2v) is 9.73. The number of anilines is 3. The van der Waals surface area contributed by atoms with Crippen LogP contribution in [0.25, 0.3) is 0 Å². The molecule has 4 heterocycles. The van der Waals surface area contributed by atoms with E-state index in [2.05, 4.69) is 30.2 Å². The number of aryl methyl sites for hydroxylation is 1. The third kappa shape index (κ3) is 4.85. The maximum Gasteiger partial charge on any atom is 0.279 e. The standard InChI is InChI=1S/C22H26ClF2N7O/c1-14-12-16(30-20(27-14)32-10-6-22(24,25)7-11-32)29-19(33)17-18(28-15(23)13-26-17)31-8-4-21(2-3-21)5-9-31/h12-13H,2-11H2,1H3,(H,27,29,30,33). The molecule has 1 aliphatic carbocycles. The predicted octanol–water partition coefficient (Wildman–Crippen LogP) is 4.10. The van der Waals surface area contributed by atoms with Gasteiger partial charge in [0, 0.05) is 50.8 Å². The largest absolute Gasteiger partial charge is 0.355 e. The Morgan fingerprint density at radius 1 is 1.00 bits per heavy atom. The molecule has 8 nitrogen and oxygen atoms in total. The lowest BCUT2D eigenvalue weighted by molar-refractivity contribution is -0.0222. The number of piperidine rings is 2. The number of nitrogens with one attached hydrogen (secondary N) is 1. The second kappa shape index (κ2) is 8.30. The zero-order valence-electron chi connectivity index (χ0n) is 18.5. The van der Waals surface area contributed by atoms with E-state index in [1.165, 1.54) is 19.0 Å². The van der Waals surface area contributed by atoms with Gasteiger partial charge in [0.1, 0.15) is 11.0 Å². The van der Waals surface area contributed by atoms with Crippen molar-refractivity contribution in [3.05, 3.63) is 28.8 Å². The zero-order valence-corrected chi connectivity index (χ0v) is 19.2. The van der Waals surface area contributed by atoms with Gasteiger partial charge in [-0.05, 0) is 38.0 Å². The van der Waals surface area contributed by atoms with Crippen molar-refractivity contribution in [2.45, 2.75) is 51.4 Å². The highest BCUT2D eigenvalue weighted by molar-refractivity contribution is 6.29. The van der Waals surface area contributed by atoms with Crippen LogP contribution in [-0.4, -0.2) is 57.9 Å². The minimum Gasteiger partial charge on any atom is -0.355 e. The average Bonchev–Trinajstić information content (AvgIpc) is 3.52. The van der Waals surface area contributed by atoms with Crippen LogP contribution in [0.4, 0.5) is 26.4 Å². The van der Waals surface area contributed by atoms with Crippen molar-refractivity contribution in [1.29, 1.82) is 0 Å². The summed E-state index contributed by atoms with van der Waals surface area (Å²) in [4.78, 5) is 34.4. The minimum atomic E-state index is -2.66. The molecule has 1 saturated carbocycles. The fourth-order valence-electron chi connectivity index (χ4n) is 4.58. The van der Waals surface area contributed by atoms with Crippen molar-refractivity contribution in [2.75, 3.05) is 41.3 Å². The molecular weight excluding hydrogens is 452 g/mol. The molecule has 176 valence electrons. The summed E-state index contributed by atoms with van der Waals surface area (Å²) in [7, 11) is 0. The van der Waals surface area contributed by atoms with Crippen molar-refractivity contribution in [2.24, 2.45) is 5.41 Å². The molecule has 1 N–H and O–H groups in total. The molecule has 2 saturated heterocycles. The van der Waals surface area contributed by atoms with Gasteiger partial charge in [0.2, 0.25) is 5.95 Å². The molecule has 1 amide bonds. The molecule has 0 aromatic carbocycles. The van der Waals surface area contributed by atoms with Gasteiger partial charge >= 0.3 is 0 Å². The molecule has 0 atom stereocenters. The molecule has 11 heteroatoms. The number of amides is 1. The lowest BCUT2D eigenvalue weighted by Gasteiger charge is -2.33. The van der Waals surface area contributed by atoms with Crippen LogP contribution >= 0.6 is 11.6 Å². The number of hydrogen-bond donors (Lipinski definition) is 1. The van der Waals surface area contributed by atoms with E-state index in [0.717, 1.165) is 25.9 Å². The summed E-state index contributed by atoms with van der Waals surface area (Å²) in [5, 5.41) is 3.02. The van der Waals surface area contributed by atoms with Crippen molar-refractivity contribution in [3.63, 3.8) is 0 Å². The molecule has 33 heavy (non-hydrogen) atoms. The van der Waals surface area contributed by atoms with Crippen LogP contribution in [0.5, 0.6) is 0 Å². The molecule has 0 unspecified atom stereocenters. The van der Waals surface area contributed by atoms with Crippen LogP contribution < -0.4 is 15.1 Å². The monoisotopic (exact) mass is 477 g/mol. The normalized spacial score (nSPS) is 21.2. The van der Waals surface area contributed by atoms with Gasteiger partial charge in [-0.15, -0.1) is 0 Å². The predicted molar refractivity (Wildman–Crippen MR) is 121 cm³/mol. The van der Waals surface area contributed by atoms with Crippen LogP contribution in [0.2, 0.25) is 5.15 Å². The summed E-state index contributed by atoms with van der Waals surface area (Å²) in [5.74, 6) is -2.02. The van der Waals surface area contributed by atoms with Gasteiger partial charge in [0.25, 0.3) is 11.8 Å². The molecule has 0 bridgehead atoms. The summed E-state index contributed by atoms with van der Waals surface area (Å²) >= 11 is 6.11. The molecule has 5 rings (SSSR count). The summed E-state index contributed by atoms with van der Waals surface area (Å²) in [6.45, 7) is 3.71. The van der Waals surface area contributed by atoms with E-state index >= 15 is 0 Å². The molecular formula is C22H26ClF2N7O. The third-order valence-electron chi connectivity index (χ3n) is 6.88. The van der Waals surface area contributed by atoms with Crippen molar-refractivity contribution < 1.29 is 13.6 Å². The number of halogens is 3. The lowest BCUT2D eigenvalue weighted by Crippen LogP contribution is -2.40. The highest BCUT2D eigenvalue weighted by Gasteiger charge is 2.45. The van der Waals surface area contributed by atoms with E-state index in [1.807, 2.05) is 0 Å². The van der Waals surface area contributed by atoms with Gasteiger partial charge in [-0.25, -0.2) is 23.7 Å². The first-order valence-electron chi connectivity index (χ1n) is 11.3. The number of carbonyl (C=O) groups is 1. The van der Waals surface area contributed by atoms with Gasteiger partial charge < -0.3 is 15.1 Å². The second-order valence-electron chi connectivity index (χ2n) is 9.34. The van der Waals surface area contributed by atoms with E-state index in [1.54, 1.807) is 17.9 Å². The van der Waals surface area contributed by atoms with Gasteiger partial charge in [-0.3, -0.25) is 4.79 Å². The number of rotatable bonds is 4. The van der Waals surface area contributed by atoms with Crippen molar-refractivity contribution >= 4 is 35.1 Å². The number of aromatic nitrogens is 4. The Balaban J connectivity index is 1.34. The highest BCUT2D eigenvalue weighted by Crippen LogP contribution is 2.54. The summed E-state index contributed by atoms with van der Waals surface area (Å²) in [5.41, 5.74) is 1.29. The van der Waals surface area contributed by atoms with E-state index in [0.29, 0.717) is 22.9 Å². The van der Waals surface area contributed by atoms with Crippen LogP contribution in [0.1, 0.15) is 54.7 Å². The first kappa shape index (κ1) is 22.2. The van der Waals surface area contributed by atoms with Crippen LogP contribution in [0, 0.1) is 12.3 Å². The average molecular weight is 478 g/mol. The smallest absolute Gasteiger partial charge is 0.279 e. The highest BCUT2D eigenvalue weighted by atomic mass is 35.5. The molecule has 2 aliphatic heterocycles. The van der Waals surface area contributed by atoms with Crippen molar-refractivity contribution in [1.82, 2.24) is 19.9 Å². The fourth-order valence-corrected chi connectivity index (χ4v) is 4.71. The van der Waals surface area contributed by atoms with Crippen LogP contribution in [0.15, 0.2) is 12.3 Å². The molecule has 1 spiro atoms. The number of alkyl halides is 2. The maximum absolute atomic E-state index is 13.5. The van der Waals surface area contributed by atoms with E-state index in [9.17, 15) is 13.6 Å². The van der Waals surface area contributed by atoms with Crippen LogP contribution in [0.3, 0.4) is 0 Å². The summed E-state index contributed by atoms with van der Waals surface area (Å²) in [6.07, 6.45) is 5.58. The topological polar surface area (TPSA) is 87.1 Å². The molecule has 2 aromatic rings. The number of carbonyl (C=O) groups excluding carboxylic acids is 1. The Bertz CT molecular complexity index is 1060. The Morgan fingerprint density at radius 3 is 2.33 bits per heavy atom. The first-order valence-corrected chi connectivity index (χ1v) is 11.7. The van der Waals surface area contributed by atoms with E-state index in [4.69, 9.17) is 11.6 Å². The summed E-state index contributed by atoms with van der Waals surface area (Å²) < 4.78 is 27.1. The fraction of sp³-hybridized carbons (Fsp3) is 0.591.